The van der Waals surface area contributed by atoms with Crippen LogP contribution in [0.2, 0.25) is 5.02 Å². The topological polar surface area (TPSA) is 81.3 Å². The van der Waals surface area contributed by atoms with E-state index in [4.69, 9.17) is 11.6 Å². The van der Waals surface area contributed by atoms with Crippen LogP contribution in [0.1, 0.15) is 17.8 Å². The third-order valence-electron chi connectivity index (χ3n) is 5.61. The van der Waals surface area contributed by atoms with Crippen LogP contribution in [0.15, 0.2) is 71.5 Å². The molecule has 0 unspecified atom stereocenters. The van der Waals surface area contributed by atoms with Gasteiger partial charge in [-0.15, -0.1) is 10.2 Å². The number of hydrogen-bond donors (Lipinski definition) is 1. The Bertz CT molecular complexity index is 1630. The molecule has 2 aromatic heterocycles. The van der Waals surface area contributed by atoms with Crippen molar-refractivity contribution in [3.63, 3.8) is 0 Å². The molecule has 0 saturated carbocycles. The van der Waals surface area contributed by atoms with Gasteiger partial charge in [-0.25, -0.2) is 8.78 Å². The summed E-state index contributed by atoms with van der Waals surface area (Å²) in [7, 11) is 0. The number of carbonyl (C=O) groups excluding carboxylic acids is 1. The van der Waals surface area contributed by atoms with E-state index in [1.54, 1.807) is 34.7 Å². The Morgan fingerprint density at radius 3 is 2.51 bits per heavy atom. The number of benzene rings is 3. The molecule has 0 aliphatic heterocycles. The highest BCUT2D eigenvalue weighted by Crippen LogP contribution is 2.18. The second-order valence-corrected chi connectivity index (χ2v) is 8.40. The molecular formula is C25H18ClF2N5O2. The number of hydrogen-bond acceptors (Lipinski definition) is 4. The molecule has 5 rings (SSSR count). The van der Waals surface area contributed by atoms with E-state index in [0.717, 1.165) is 17.7 Å². The molecule has 0 saturated heterocycles. The fraction of sp³-hybridized carbons (Fsp3) is 0.120. The van der Waals surface area contributed by atoms with Crippen LogP contribution in [0.3, 0.4) is 0 Å². The van der Waals surface area contributed by atoms with Gasteiger partial charge in [-0.3, -0.25) is 18.6 Å². The number of nitrogens with zero attached hydrogens (tertiary/aromatic N) is 4. The lowest BCUT2D eigenvalue weighted by Crippen LogP contribution is -2.24. The summed E-state index contributed by atoms with van der Waals surface area (Å²) in [5.74, 6) is -1.60. The third-order valence-corrected chi connectivity index (χ3v) is 5.86. The van der Waals surface area contributed by atoms with Crippen LogP contribution in [-0.2, 0) is 17.8 Å². The first-order valence-corrected chi connectivity index (χ1v) is 11.1. The molecule has 5 aromatic rings. The monoisotopic (exact) mass is 493 g/mol. The summed E-state index contributed by atoms with van der Waals surface area (Å²) < 4.78 is 29.8. The van der Waals surface area contributed by atoms with Crippen molar-refractivity contribution in [3.8, 4) is 0 Å². The number of halogens is 3. The van der Waals surface area contributed by atoms with Crippen molar-refractivity contribution in [2.24, 2.45) is 0 Å². The fourth-order valence-electron chi connectivity index (χ4n) is 3.91. The number of para-hydroxylation sites is 1. The Morgan fingerprint density at radius 1 is 0.971 bits per heavy atom. The maximum absolute atomic E-state index is 13.4. The lowest BCUT2D eigenvalue weighted by Gasteiger charge is -2.12. The quantitative estimate of drug-likeness (QED) is 0.375. The molecular weight excluding hydrogens is 476 g/mol. The number of carbonyl (C=O) groups is 1. The Kier molecular flexibility index (Phi) is 6.00. The molecule has 0 spiro atoms. The Labute approximate surface area is 202 Å². The molecule has 10 heteroatoms. The number of rotatable bonds is 6. The van der Waals surface area contributed by atoms with E-state index in [1.807, 2.05) is 18.2 Å². The molecule has 0 fully saturated rings. The predicted molar refractivity (Wildman–Crippen MR) is 129 cm³/mol. The zero-order valence-electron chi connectivity index (χ0n) is 18.2. The van der Waals surface area contributed by atoms with E-state index >= 15 is 0 Å². The summed E-state index contributed by atoms with van der Waals surface area (Å²) >= 11 is 5.99. The van der Waals surface area contributed by atoms with Crippen LogP contribution < -0.4 is 10.9 Å². The van der Waals surface area contributed by atoms with Gasteiger partial charge in [0.2, 0.25) is 11.7 Å². The van der Waals surface area contributed by atoms with Crippen LogP contribution in [0, 0.1) is 11.6 Å². The summed E-state index contributed by atoms with van der Waals surface area (Å²) in [6.07, 6.45) is 0.226. The first kappa shape index (κ1) is 22.7. The summed E-state index contributed by atoms with van der Waals surface area (Å²) in [5, 5.41) is 12.1. The maximum Gasteiger partial charge on any atom is 0.263 e. The fourth-order valence-corrected chi connectivity index (χ4v) is 4.04. The molecule has 7 nitrogen and oxygen atoms in total. The highest BCUT2D eigenvalue weighted by Gasteiger charge is 2.17. The van der Waals surface area contributed by atoms with E-state index in [9.17, 15) is 18.4 Å². The number of aromatic nitrogens is 4. The van der Waals surface area contributed by atoms with Gasteiger partial charge in [0.1, 0.15) is 5.82 Å². The Hall–Kier alpha value is -4.11. The van der Waals surface area contributed by atoms with Crippen LogP contribution in [-0.4, -0.2) is 25.1 Å². The van der Waals surface area contributed by atoms with Gasteiger partial charge in [0.15, 0.2) is 11.6 Å². The molecule has 0 aliphatic rings. The van der Waals surface area contributed by atoms with Crippen molar-refractivity contribution in [3.05, 3.63) is 105 Å². The second-order valence-electron chi connectivity index (χ2n) is 7.96. The number of amides is 1. The average molecular weight is 494 g/mol. The number of aryl methyl sites for hydroxylation is 1. The smallest absolute Gasteiger partial charge is 0.263 e. The summed E-state index contributed by atoms with van der Waals surface area (Å²) in [6, 6.07) is 17.4. The highest BCUT2D eigenvalue weighted by atomic mass is 35.5. The summed E-state index contributed by atoms with van der Waals surface area (Å²) in [5.41, 5.74) is 1.44. The molecule has 2 heterocycles. The minimum atomic E-state index is -1.05. The Balaban J connectivity index is 1.48. The van der Waals surface area contributed by atoms with E-state index in [0.29, 0.717) is 27.5 Å². The van der Waals surface area contributed by atoms with Crippen molar-refractivity contribution in [2.45, 2.75) is 19.4 Å². The SMILES string of the molecule is O=C(CCc1nnc2n(Cc3ccc(Cl)cc3)c(=O)c3ccccc3n12)Nc1ccc(F)c(F)c1. The summed E-state index contributed by atoms with van der Waals surface area (Å²) in [6.45, 7) is 0.263. The normalized spacial score (nSPS) is 11.3. The minimum Gasteiger partial charge on any atom is -0.326 e. The van der Waals surface area contributed by atoms with E-state index in [1.165, 1.54) is 10.6 Å². The standard InChI is InChI=1S/C25H18ClF2N5O2/c26-16-7-5-15(6-8-16)14-32-24(35)18-3-1-2-4-21(18)33-22(30-31-25(32)33)11-12-23(34)29-17-9-10-19(27)20(28)13-17/h1-10,13H,11-12,14H2,(H,29,34). The minimum absolute atomic E-state index is 0.0183. The van der Waals surface area contributed by atoms with Crippen LogP contribution in [0.5, 0.6) is 0 Å². The van der Waals surface area contributed by atoms with Crippen molar-refractivity contribution in [1.82, 2.24) is 19.2 Å². The number of nitrogens with one attached hydrogen (secondary N) is 1. The Morgan fingerprint density at radius 2 is 1.74 bits per heavy atom. The van der Waals surface area contributed by atoms with Gasteiger partial charge in [-0.1, -0.05) is 35.9 Å². The van der Waals surface area contributed by atoms with Crippen LogP contribution in [0.25, 0.3) is 16.7 Å². The van der Waals surface area contributed by atoms with E-state index < -0.39 is 17.5 Å². The highest BCUT2D eigenvalue weighted by molar-refractivity contribution is 6.30. The molecule has 176 valence electrons. The largest absolute Gasteiger partial charge is 0.326 e. The molecule has 0 radical (unpaired) electrons. The van der Waals surface area contributed by atoms with E-state index in [-0.39, 0.29) is 30.6 Å². The van der Waals surface area contributed by atoms with Gasteiger partial charge in [-0.05, 0) is 42.0 Å². The van der Waals surface area contributed by atoms with Gasteiger partial charge < -0.3 is 5.32 Å². The van der Waals surface area contributed by atoms with Gasteiger partial charge >= 0.3 is 0 Å². The van der Waals surface area contributed by atoms with Crippen molar-refractivity contribution < 1.29 is 13.6 Å². The van der Waals surface area contributed by atoms with Gasteiger partial charge in [-0.2, -0.15) is 0 Å². The van der Waals surface area contributed by atoms with Crippen molar-refractivity contribution >= 4 is 39.9 Å². The molecule has 1 N–H and O–H groups in total. The average Bonchev–Trinajstić information content (AvgIpc) is 3.28. The number of fused-ring (bicyclic) bond motifs is 3. The van der Waals surface area contributed by atoms with Crippen LogP contribution in [0.4, 0.5) is 14.5 Å². The first-order valence-electron chi connectivity index (χ1n) is 10.8. The summed E-state index contributed by atoms with van der Waals surface area (Å²) in [4.78, 5) is 25.7. The lowest BCUT2D eigenvalue weighted by atomic mass is 10.2. The molecule has 35 heavy (non-hydrogen) atoms. The zero-order chi connectivity index (χ0) is 24.5. The molecule has 1 amide bonds. The maximum atomic E-state index is 13.4. The zero-order valence-corrected chi connectivity index (χ0v) is 19.0. The molecule has 0 atom stereocenters. The molecule has 3 aromatic carbocycles. The van der Waals surface area contributed by atoms with E-state index in [2.05, 4.69) is 15.5 Å². The molecule has 0 bridgehead atoms. The second kappa shape index (κ2) is 9.27. The van der Waals surface area contributed by atoms with Gasteiger partial charge in [0.05, 0.1) is 17.4 Å². The predicted octanol–water partition coefficient (Wildman–Crippen LogP) is 4.60. The first-order chi connectivity index (χ1) is 16.9. The van der Waals surface area contributed by atoms with Crippen molar-refractivity contribution in [1.29, 1.82) is 0 Å². The third kappa shape index (κ3) is 4.50. The molecule has 0 aliphatic carbocycles. The van der Waals surface area contributed by atoms with Gasteiger partial charge in [0.25, 0.3) is 5.56 Å². The lowest BCUT2D eigenvalue weighted by molar-refractivity contribution is -0.116. The van der Waals surface area contributed by atoms with Crippen LogP contribution >= 0.6 is 11.6 Å². The van der Waals surface area contributed by atoms with Crippen molar-refractivity contribution in [2.75, 3.05) is 5.32 Å². The van der Waals surface area contributed by atoms with Gasteiger partial charge in [0, 0.05) is 29.6 Å². The number of anilines is 1.